The molecule has 0 bridgehead atoms. The highest BCUT2D eigenvalue weighted by Gasteiger charge is 2.48. The lowest BCUT2D eigenvalue weighted by Gasteiger charge is -2.40. The Morgan fingerprint density at radius 1 is 1.41 bits per heavy atom. The second-order valence-electron chi connectivity index (χ2n) is 6.88. The van der Waals surface area contributed by atoms with Crippen molar-refractivity contribution >= 4 is 5.91 Å². The quantitative estimate of drug-likeness (QED) is 0.883. The van der Waals surface area contributed by atoms with Gasteiger partial charge in [0.25, 0.3) is 5.91 Å². The summed E-state index contributed by atoms with van der Waals surface area (Å²) in [6.07, 6.45) is 3.73. The van der Waals surface area contributed by atoms with E-state index in [4.69, 9.17) is 0 Å². The summed E-state index contributed by atoms with van der Waals surface area (Å²) in [7, 11) is 0. The lowest BCUT2D eigenvalue weighted by atomic mass is 9.69. The van der Waals surface area contributed by atoms with Crippen molar-refractivity contribution in [2.24, 2.45) is 11.8 Å². The van der Waals surface area contributed by atoms with E-state index in [0.717, 1.165) is 32.2 Å². The highest BCUT2D eigenvalue weighted by molar-refractivity contribution is 5.96. The first kappa shape index (κ1) is 15.3. The number of hydrogen-bond acceptors (Lipinski definition) is 3. The molecular weight excluding hydrogens is 278 g/mol. The van der Waals surface area contributed by atoms with Crippen LogP contribution in [0.15, 0.2) is 18.2 Å². The number of nitrogens with zero attached hydrogens (tertiary/aromatic N) is 1. The Hall–Kier alpha value is -1.55. The Morgan fingerprint density at radius 2 is 2.18 bits per heavy atom. The Balaban J connectivity index is 1.83. The van der Waals surface area contributed by atoms with Crippen LogP contribution in [0.2, 0.25) is 0 Å². The molecule has 0 unspecified atom stereocenters. The number of rotatable bonds is 2. The average molecular weight is 303 g/mol. The molecule has 1 amide bonds. The van der Waals surface area contributed by atoms with Crippen LogP contribution >= 0.6 is 0 Å². The van der Waals surface area contributed by atoms with E-state index in [1.54, 1.807) is 25.1 Å². The number of likely N-dealkylation sites (tertiary alicyclic amines) is 1. The van der Waals surface area contributed by atoms with Crippen molar-refractivity contribution in [2.45, 2.75) is 45.1 Å². The summed E-state index contributed by atoms with van der Waals surface area (Å²) in [4.78, 5) is 14.7. The van der Waals surface area contributed by atoms with Crippen molar-refractivity contribution in [1.82, 2.24) is 4.90 Å². The Morgan fingerprint density at radius 3 is 2.91 bits per heavy atom. The fourth-order valence-corrected chi connectivity index (χ4v) is 4.26. The molecule has 2 fully saturated rings. The van der Waals surface area contributed by atoms with E-state index in [2.05, 4.69) is 0 Å². The number of phenols is 1. The van der Waals surface area contributed by atoms with Gasteiger partial charge in [-0.25, -0.2) is 0 Å². The highest BCUT2D eigenvalue weighted by Crippen LogP contribution is 2.44. The number of carbonyl (C=O) groups excluding carboxylic acids is 1. The van der Waals surface area contributed by atoms with Gasteiger partial charge in [-0.1, -0.05) is 19.4 Å². The maximum absolute atomic E-state index is 12.8. The van der Waals surface area contributed by atoms with Gasteiger partial charge < -0.3 is 15.1 Å². The molecule has 4 heteroatoms. The lowest BCUT2D eigenvalue weighted by Crippen LogP contribution is -2.44. The minimum Gasteiger partial charge on any atom is -0.508 e. The number of hydrogen-bond donors (Lipinski definition) is 2. The third-order valence-electron chi connectivity index (χ3n) is 5.75. The molecule has 1 aromatic carbocycles. The number of benzene rings is 1. The summed E-state index contributed by atoms with van der Waals surface area (Å²) in [5.74, 6) is 0.724. The summed E-state index contributed by atoms with van der Waals surface area (Å²) in [6, 6.07) is 5.08. The van der Waals surface area contributed by atoms with Crippen LogP contribution in [0, 0.1) is 18.8 Å². The fourth-order valence-electron chi connectivity index (χ4n) is 4.26. The average Bonchev–Trinajstić information content (AvgIpc) is 2.95. The first-order valence-electron chi connectivity index (χ1n) is 8.26. The summed E-state index contributed by atoms with van der Waals surface area (Å²) < 4.78 is 0. The molecule has 1 saturated heterocycles. The van der Waals surface area contributed by atoms with Crippen LogP contribution in [0.1, 0.15) is 48.5 Å². The van der Waals surface area contributed by atoms with Crippen LogP contribution in [0.25, 0.3) is 0 Å². The SMILES string of the molecule is CC[C@@]1(O)CCC[C@@H]2CN(C(=O)c3cccc(O)c3C)C[C@@H]21. The van der Waals surface area contributed by atoms with Crippen LogP contribution in [-0.4, -0.2) is 39.7 Å². The lowest BCUT2D eigenvalue weighted by molar-refractivity contribution is -0.0609. The normalized spacial score (nSPS) is 31.1. The third kappa shape index (κ3) is 2.39. The molecule has 1 aromatic rings. The minimum atomic E-state index is -0.619. The van der Waals surface area contributed by atoms with Crippen molar-refractivity contribution in [3.05, 3.63) is 29.3 Å². The second-order valence-corrected chi connectivity index (χ2v) is 6.88. The smallest absolute Gasteiger partial charge is 0.254 e. The van der Waals surface area contributed by atoms with Gasteiger partial charge in [-0.05, 0) is 44.2 Å². The molecule has 22 heavy (non-hydrogen) atoms. The van der Waals surface area contributed by atoms with Gasteiger partial charge in [0.15, 0.2) is 0 Å². The number of amides is 1. The van der Waals surface area contributed by atoms with Gasteiger partial charge in [-0.2, -0.15) is 0 Å². The molecule has 2 N–H and O–H groups in total. The molecule has 0 aromatic heterocycles. The van der Waals surface area contributed by atoms with Crippen LogP contribution in [0.5, 0.6) is 5.75 Å². The van der Waals surface area contributed by atoms with Crippen LogP contribution in [0.4, 0.5) is 0 Å². The molecule has 0 spiro atoms. The summed E-state index contributed by atoms with van der Waals surface area (Å²) in [6.45, 7) is 5.16. The maximum atomic E-state index is 12.8. The molecule has 0 radical (unpaired) electrons. The van der Waals surface area contributed by atoms with E-state index in [9.17, 15) is 15.0 Å². The third-order valence-corrected chi connectivity index (χ3v) is 5.75. The van der Waals surface area contributed by atoms with Gasteiger partial charge in [-0.3, -0.25) is 4.79 Å². The highest BCUT2D eigenvalue weighted by atomic mass is 16.3. The zero-order chi connectivity index (χ0) is 15.9. The first-order chi connectivity index (χ1) is 10.5. The van der Waals surface area contributed by atoms with Gasteiger partial charge >= 0.3 is 0 Å². The fraction of sp³-hybridized carbons (Fsp3) is 0.611. The van der Waals surface area contributed by atoms with Crippen LogP contribution in [0.3, 0.4) is 0 Å². The van der Waals surface area contributed by atoms with E-state index < -0.39 is 5.60 Å². The Kier molecular flexibility index (Phi) is 3.89. The monoisotopic (exact) mass is 303 g/mol. The van der Waals surface area contributed by atoms with Crippen LogP contribution < -0.4 is 0 Å². The van der Waals surface area contributed by atoms with Gasteiger partial charge in [0.05, 0.1) is 5.60 Å². The second kappa shape index (κ2) is 5.58. The zero-order valence-electron chi connectivity index (χ0n) is 13.4. The maximum Gasteiger partial charge on any atom is 0.254 e. The van der Waals surface area contributed by atoms with E-state index in [1.165, 1.54) is 0 Å². The molecule has 3 atom stereocenters. The molecule has 2 aliphatic rings. The minimum absolute atomic E-state index is 0.0266. The van der Waals surface area contributed by atoms with E-state index in [0.29, 0.717) is 23.6 Å². The van der Waals surface area contributed by atoms with Gasteiger partial charge in [0, 0.05) is 30.1 Å². The van der Waals surface area contributed by atoms with E-state index >= 15 is 0 Å². The molecular formula is C18H25NO3. The largest absolute Gasteiger partial charge is 0.508 e. The molecule has 1 heterocycles. The van der Waals surface area contributed by atoms with Crippen molar-refractivity contribution < 1.29 is 15.0 Å². The number of carbonyl (C=O) groups is 1. The van der Waals surface area contributed by atoms with Crippen LogP contribution in [-0.2, 0) is 0 Å². The first-order valence-corrected chi connectivity index (χ1v) is 8.26. The van der Waals surface area contributed by atoms with Crippen molar-refractivity contribution in [1.29, 1.82) is 0 Å². The number of aromatic hydroxyl groups is 1. The summed E-state index contributed by atoms with van der Waals surface area (Å²) in [5.41, 5.74) is 0.582. The van der Waals surface area contributed by atoms with Gasteiger partial charge in [0.1, 0.15) is 5.75 Å². The molecule has 3 rings (SSSR count). The van der Waals surface area contributed by atoms with E-state index in [1.807, 2.05) is 11.8 Å². The molecule has 1 saturated carbocycles. The summed E-state index contributed by atoms with van der Waals surface area (Å²) in [5, 5.41) is 20.6. The molecule has 4 nitrogen and oxygen atoms in total. The van der Waals surface area contributed by atoms with Crippen molar-refractivity contribution in [2.75, 3.05) is 13.1 Å². The van der Waals surface area contributed by atoms with Crippen molar-refractivity contribution in [3.8, 4) is 5.75 Å². The Labute approximate surface area is 131 Å². The summed E-state index contributed by atoms with van der Waals surface area (Å²) >= 11 is 0. The number of phenolic OH excluding ortho intramolecular Hbond substituents is 1. The van der Waals surface area contributed by atoms with E-state index in [-0.39, 0.29) is 17.6 Å². The van der Waals surface area contributed by atoms with Gasteiger partial charge in [-0.15, -0.1) is 0 Å². The molecule has 1 aliphatic heterocycles. The van der Waals surface area contributed by atoms with Gasteiger partial charge in [0.2, 0.25) is 0 Å². The predicted octanol–water partition coefficient (Wildman–Crippen LogP) is 2.71. The molecule has 1 aliphatic carbocycles. The number of aliphatic hydroxyl groups is 1. The Bertz CT molecular complexity index is 586. The van der Waals surface area contributed by atoms with Crippen molar-refractivity contribution in [3.63, 3.8) is 0 Å². The number of fused-ring (bicyclic) bond motifs is 1. The zero-order valence-corrected chi connectivity index (χ0v) is 13.4. The standard InChI is InChI=1S/C18H25NO3/c1-3-18(22)9-5-6-13-10-19(11-15(13)18)17(21)14-7-4-8-16(20)12(14)2/h4,7-8,13,15,20,22H,3,5-6,9-11H2,1-2H3/t13-,15+,18-/m1/s1. The predicted molar refractivity (Wildman–Crippen MR) is 84.8 cm³/mol. The molecule has 120 valence electrons. The topological polar surface area (TPSA) is 60.8 Å².